The van der Waals surface area contributed by atoms with E-state index in [9.17, 15) is 18.8 Å². The lowest BCUT2D eigenvalue weighted by molar-refractivity contribution is -0.146. The molecule has 0 spiro atoms. The molecule has 0 bridgehead atoms. The Kier molecular flexibility index (Phi) is 6.12. The monoisotopic (exact) mass is 350 g/mol. The van der Waals surface area contributed by atoms with Gasteiger partial charge < -0.3 is 15.3 Å². The highest BCUT2D eigenvalue weighted by Gasteiger charge is 2.33. The number of carboxylic acids is 1. The summed E-state index contributed by atoms with van der Waals surface area (Å²) < 4.78 is 13.0. The van der Waals surface area contributed by atoms with E-state index < -0.39 is 29.7 Å². The predicted octanol–water partition coefficient (Wildman–Crippen LogP) is 1.90. The molecule has 2 N–H and O–H groups in total. The molecule has 6 nitrogen and oxygen atoms in total. The second-order valence-corrected chi connectivity index (χ2v) is 6.66. The summed E-state index contributed by atoms with van der Waals surface area (Å²) in [7, 11) is 0. The summed E-state index contributed by atoms with van der Waals surface area (Å²) >= 11 is 0. The first kappa shape index (κ1) is 18.9. The van der Waals surface area contributed by atoms with Crippen LogP contribution in [0.3, 0.4) is 0 Å². The summed E-state index contributed by atoms with van der Waals surface area (Å²) in [5.74, 6) is -2.83. The number of hydrogen-bond donors (Lipinski definition) is 2. The maximum absolute atomic E-state index is 13.0. The Morgan fingerprint density at radius 1 is 1.24 bits per heavy atom. The molecule has 0 radical (unpaired) electrons. The first-order valence-corrected chi connectivity index (χ1v) is 8.37. The van der Waals surface area contributed by atoms with Crippen molar-refractivity contribution in [2.45, 2.75) is 32.7 Å². The molecular weight excluding hydrogens is 327 g/mol. The third-order valence-electron chi connectivity index (χ3n) is 4.41. The normalized spacial score (nSPS) is 18.7. The molecule has 1 fully saturated rings. The third kappa shape index (κ3) is 4.78. The third-order valence-corrected chi connectivity index (χ3v) is 4.41. The minimum atomic E-state index is -0.908. The molecule has 1 aromatic rings. The quantitative estimate of drug-likeness (QED) is 0.849. The Morgan fingerprint density at radius 3 is 2.44 bits per heavy atom. The number of halogens is 1. The number of carbonyl (C=O) groups is 3. The van der Waals surface area contributed by atoms with Crippen LogP contribution < -0.4 is 5.32 Å². The topological polar surface area (TPSA) is 86.7 Å². The lowest BCUT2D eigenvalue weighted by atomic mass is 9.95. The number of likely N-dealkylation sites (tertiary alicyclic amines) is 1. The van der Waals surface area contributed by atoms with E-state index in [0.29, 0.717) is 19.4 Å². The zero-order valence-electron chi connectivity index (χ0n) is 14.4. The fraction of sp³-hybridized carbons (Fsp3) is 0.500. The van der Waals surface area contributed by atoms with Crippen molar-refractivity contribution in [3.63, 3.8) is 0 Å². The molecule has 0 aliphatic carbocycles. The molecule has 7 heteroatoms. The van der Waals surface area contributed by atoms with Crippen LogP contribution in [0.1, 0.15) is 37.0 Å². The van der Waals surface area contributed by atoms with Crippen molar-refractivity contribution in [2.24, 2.45) is 11.8 Å². The van der Waals surface area contributed by atoms with E-state index in [1.165, 1.54) is 29.2 Å². The first-order valence-electron chi connectivity index (χ1n) is 8.37. The minimum Gasteiger partial charge on any atom is -0.481 e. The Labute approximate surface area is 146 Å². The van der Waals surface area contributed by atoms with Crippen LogP contribution in [0.5, 0.6) is 0 Å². The smallest absolute Gasteiger partial charge is 0.308 e. The van der Waals surface area contributed by atoms with Crippen molar-refractivity contribution in [1.29, 1.82) is 0 Å². The van der Waals surface area contributed by atoms with Gasteiger partial charge in [0, 0.05) is 18.7 Å². The van der Waals surface area contributed by atoms with Gasteiger partial charge >= 0.3 is 5.97 Å². The molecule has 2 unspecified atom stereocenters. The summed E-state index contributed by atoms with van der Waals surface area (Å²) in [6.45, 7) is 4.26. The average molecular weight is 350 g/mol. The van der Waals surface area contributed by atoms with Gasteiger partial charge in [0.1, 0.15) is 11.9 Å². The van der Waals surface area contributed by atoms with Crippen LogP contribution in [-0.4, -0.2) is 46.9 Å². The van der Waals surface area contributed by atoms with Crippen LogP contribution >= 0.6 is 0 Å². The second-order valence-electron chi connectivity index (χ2n) is 6.66. The van der Waals surface area contributed by atoms with Crippen molar-refractivity contribution in [3.05, 3.63) is 35.6 Å². The van der Waals surface area contributed by atoms with E-state index in [4.69, 9.17) is 5.11 Å². The SMILES string of the molecule is CC(C)C(NC(=O)c1ccc(F)cc1)C(=O)N1CCCC(C(=O)O)C1. The molecule has 0 saturated carbocycles. The molecule has 1 aliphatic heterocycles. The van der Waals surface area contributed by atoms with Gasteiger partial charge in [-0.05, 0) is 43.0 Å². The van der Waals surface area contributed by atoms with Gasteiger partial charge in [-0.2, -0.15) is 0 Å². The molecule has 1 aromatic carbocycles. The van der Waals surface area contributed by atoms with E-state index in [-0.39, 0.29) is 23.9 Å². The van der Waals surface area contributed by atoms with Crippen LogP contribution in [0, 0.1) is 17.7 Å². The van der Waals surface area contributed by atoms with E-state index in [2.05, 4.69) is 5.32 Å². The zero-order chi connectivity index (χ0) is 18.6. The van der Waals surface area contributed by atoms with Gasteiger partial charge in [0.25, 0.3) is 5.91 Å². The highest BCUT2D eigenvalue weighted by atomic mass is 19.1. The number of hydrogen-bond acceptors (Lipinski definition) is 3. The van der Waals surface area contributed by atoms with Gasteiger partial charge in [-0.25, -0.2) is 4.39 Å². The molecular formula is C18H23FN2O4. The number of carboxylic acid groups (broad SMARTS) is 1. The number of carbonyl (C=O) groups excluding carboxylic acids is 2. The number of nitrogens with one attached hydrogen (secondary N) is 1. The van der Waals surface area contributed by atoms with Gasteiger partial charge in [-0.15, -0.1) is 0 Å². The number of amides is 2. The van der Waals surface area contributed by atoms with Gasteiger partial charge in [0.15, 0.2) is 0 Å². The van der Waals surface area contributed by atoms with Crippen LogP contribution in [0.4, 0.5) is 4.39 Å². The van der Waals surface area contributed by atoms with Crippen molar-refractivity contribution in [1.82, 2.24) is 10.2 Å². The zero-order valence-corrected chi connectivity index (χ0v) is 14.4. The van der Waals surface area contributed by atoms with Gasteiger partial charge in [-0.1, -0.05) is 13.8 Å². The molecule has 25 heavy (non-hydrogen) atoms. The van der Waals surface area contributed by atoms with Crippen molar-refractivity contribution < 1.29 is 23.9 Å². The molecule has 2 atom stereocenters. The van der Waals surface area contributed by atoms with Crippen LogP contribution in [-0.2, 0) is 9.59 Å². The van der Waals surface area contributed by atoms with Crippen LogP contribution in [0.15, 0.2) is 24.3 Å². The Morgan fingerprint density at radius 2 is 1.88 bits per heavy atom. The Hall–Kier alpha value is -2.44. The summed E-state index contributed by atoms with van der Waals surface area (Å²) in [6.07, 6.45) is 1.17. The molecule has 1 aliphatic rings. The molecule has 0 aromatic heterocycles. The summed E-state index contributed by atoms with van der Waals surface area (Å²) in [5.41, 5.74) is 0.266. The fourth-order valence-electron chi connectivity index (χ4n) is 2.91. The summed E-state index contributed by atoms with van der Waals surface area (Å²) in [6, 6.07) is 4.32. The Balaban J connectivity index is 2.08. The van der Waals surface area contributed by atoms with E-state index in [0.717, 1.165) is 0 Å². The lowest BCUT2D eigenvalue weighted by Crippen LogP contribution is -2.54. The van der Waals surface area contributed by atoms with Crippen molar-refractivity contribution in [3.8, 4) is 0 Å². The van der Waals surface area contributed by atoms with Crippen LogP contribution in [0.25, 0.3) is 0 Å². The number of aliphatic carboxylic acids is 1. The van der Waals surface area contributed by atoms with Gasteiger partial charge in [-0.3, -0.25) is 14.4 Å². The number of rotatable bonds is 5. The highest BCUT2D eigenvalue weighted by molar-refractivity contribution is 5.97. The lowest BCUT2D eigenvalue weighted by Gasteiger charge is -2.34. The molecule has 136 valence electrons. The number of benzene rings is 1. The molecule has 1 heterocycles. The fourth-order valence-corrected chi connectivity index (χ4v) is 2.91. The standard InChI is InChI=1S/C18H23FN2O4/c1-11(2)15(20-16(22)12-5-7-14(19)8-6-12)17(23)21-9-3-4-13(10-21)18(24)25/h5-8,11,13,15H,3-4,9-10H2,1-2H3,(H,20,22)(H,24,25). The number of nitrogens with zero attached hydrogens (tertiary/aromatic N) is 1. The summed E-state index contributed by atoms with van der Waals surface area (Å²) in [5, 5.41) is 11.9. The van der Waals surface area contributed by atoms with Gasteiger partial charge in [0.2, 0.25) is 5.91 Å². The van der Waals surface area contributed by atoms with E-state index in [1.807, 2.05) is 13.8 Å². The average Bonchev–Trinajstić information content (AvgIpc) is 2.59. The van der Waals surface area contributed by atoms with Crippen LogP contribution in [0.2, 0.25) is 0 Å². The molecule has 1 saturated heterocycles. The van der Waals surface area contributed by atoms with E-state index in [1.54, 1.807) is 0 Å². The minimum absolute atomic E-state index is 0.157. The predicted molar refractivity (Wildman–Crippen MR) is 89.4 cm³/mol. The largest absolute Gasteiger partial charge is 0.481 e. The second kappa shape index (κ2) is 8.09. The Bertz CT molecular complexity index is 645. The first-order chi connectivity index (χ1) is 11.8. The summed E-state index contributed by atoms with van der Waals surface area (Å²) in [4.78, 5) is 37.8. The highest BCUT2D eigenvalue weighted by Crippen LogP contribution is 2.19. The maximum atomic E-state index is 13.0. The van der Waals surface area contributed by atoms with E-state index >= 15 is 0 Å². The molecule has 2 rings (SSSR count). The molecule has 2 amide bonds. The van der Waals surface area contributed by atoms with Gasteiger partial charge in [0.05, 0.1) is 5.92 Å². The maximum Gasteiger partial charge on any atom is 0.308 e. The number of piperidine rings is 1. The van der Waals surface area contributed by atoms with Crippen molar-refractivity contribution in [2.75, 3.05) is 13.1 Å². The van der Waals surface area contributed by atoms with Crippen molar-refractivity contribution >= 4 is 17.8 Å².